The Hall–Kier alpha value is -4.71. The summed E-state index contributed by atoms with van der Waals surface area (Å²) >= 11 is 0. The Kier molecular flexibility index (Phi) is 9.12. The van der Waals surface area contributed by atoms with Crippen molar-refractivity contribution in [3.05, 3.63) is 88.6 Å². The minimum Gasteiger partial charge on any atom is -0.370 e. The lowest BCUT2D eigenvalue weighted by Crippen LogP contribution is -2.38. The number of likely N-dealkylation sites (tertiary alicyclic amines) is 2. The number of carbonyl (C=O) groups is 3. The number of benzene rings is 2. The molecule has 3 aromatic rings. The van der Waals surface area contributed by atoms with Gasteiger partial charge < -0.3 is 20.4 Å². The molecule has 2 N–H and O–H groups in total. The lowest BCUT2D eigenvalue weighted by molar-refractivity contribution is -0.127. The molecule has 9 heteroatoms. The van der Waals surface area contributed by atoms with E-state index in [2.05, 4.69) is 21.7 Å². The van der Waals surface area contributed by atoms with Crippen LogP contribution in [0.25, 0.3) is 0 Å². The molecule has 9 nitrogen and oxygen atoms in total. The first-order chi connectivity index (χ1) is 20.4. The van der Waals surface area contributed by atoms with Crippen LogP contribution in [-0.4, -0.2) is 65.2 Å². The maximum Gasteiger partial charge on any atom is 0.257 e. The van der Waals surface area contributed by atoms with Gasteiger partial charge in [-0.25, -0.2) is 4.98 Å². The molecule has 216 valence electrons. The van der Waals surface area contributed by atoms with Crippen LogP contribution < -0.4 is 10.6 Å². The molecule has 2 fully saturated rings. The Morgan fingerprint density at radius 3 is 2.45 bits per heavy atom. The highest BCUT2D eigenvalue weighted by atomic mass is 16.2. The van der Waals surface area contributed by atoms with E-state index in [9.17, 15) is 14.4 Å². The van der Waals surface area contributed by atoms with Gasteiger partial charge in [0.1, 0.15) is 5.82 Å². The van der Waals surface area contributed by atoms with Crippen LogP contribution in [0.2, 0.25) is 0 Å². The van der Waals surface area contributed by atoms with Crippen molar-refractivity contribution in [1.82, 2.24) is 14.8 Å². The van der Waals surface area contributed by atoms with E-state index in [-0.39, 0.29) is 17.7 Å². The van der Waals surface area contributed by atoms with Crippen molar-refractivity contribution in [3.63, 3.8) is 0 Å². The minimum atomic E-state index is -0.294. The van der Waals surface area contributed by atoms with Crippen LogP contribution in [0.1, 0.15) is 75.4 Å². The van der Waals surface area contributed by atoms with Gasteiger partial charge in [0.25, 0.3) is 11.8 Å². The average Bonchev–Trinajstić information content (AvgIpc) is 3.44. The molecule has 2 saturated heterocycles. The highest BCUT2D eigenvalue weighted by molar-refractivity contribution is 6.05. The normalized spacial score (nSPS) is 15.4. The van der Waals surface area contributed by atoms with Crippen molar-refractivity contribution in [1.29, 1.82) is 5.26 Å². The van der Waals surface area contributed by atoms with Gasteiger partial charge in [-0.2, -0.15) is 5.26 Å². The summed E-state index contributed by atoms with van der Waals surface area (Å²) < 4.78 is 0. The van der Waals surface area contributed by atoms with Crippen molar-refractivity contribution >= 4 is 29.2 Å². The summed E-state index contributed by atoms with van der Waals surface area (Å²) in [5, 5.41) is 15.2. The smallest absolute Gasteiger partial charge is 0.257 e. The van der Waals surface area contributed by atoms with Crippen molar-refractivity contribution in [2.45, 2.75) is 44.9 Å². The Morgan fingerprint density at radius 2 is 1.79 bits per heavy atom. The number of hydrogen-bond donors (Lipinski definition) is 2. The Bertz CT molecular complexity index is 1470. The van der Waals surface area contributed by atoms with Crippen LogP contribution in [0.15, 0.2) is 60.8 Å². The maximum absolute atomic E-state index is 13.3. The molecule has 2 aliphatic heterocycles. The van der Waals surface area contributed by atoms with Crippen LogP contribution in [-0.2, 0) is 4.79 Å². The maximum atomic E-state index is 13.3. The molecular weight excluding hydrogens is 528 g/mol. The zero-order valence-electron chi connectivity index (χ0n) is 23.9. The van der Waals surface area contributed by atoms with Gasteiger partial charge in [0.2, 0.25) is 5.91 Å². The standard InChI is InChI=1S/C33H36N6O3/c1-23-5-8-27(33(42)39-18-13-26(14-19-39)25-9-6-24(21-34)7-10-25)20-29(23)37-32(41)28-11-12-30(36-22-28)35-15-3-17-38-16-2-4-31(38)40/h5-12,20,22,26H,2-4,13-19H2,1H3,(H,35,36)(H,37,41). The van der Waals surface area contributed by atoms with E-state index in [1.54, 1.807) is 18.2 Å². The number of anilines is 2. The van der Waals surface area contributed by atoms with Crippen molar-refractivity contribution in [2.24, 2.45) is 0 Å². The second-order valence-electron chi connectivity index (χ2n) is 11.0. The average molecular weight is 565 g/mol. The second-order valence-corrected chi connectivity index (χ2v) is 11.0. The number of amides is 3. The molecule has 0 unspecified atom stereocenters. The highest BCUT2D eigenvalue weighted by Crippen LogP contribution is 2.29. The van der Waals surface area contributed by atoms with Gasteiger partial charge in [-0.05, 0) is 86.1 Å². The van der Waals surface area contributed by atoms with E-state index < -0.39 is 0 Å². The SMILES string of the molecule is Cc1ccc(C(=O)N2CCC(c3ccc(C#N)cc3)CC2)cc1NC(=O)c1ccc(NCCCN2CCCC2=O)nc1. The van der Waals surface area contributed by atoms with E-state index >= 15 is 0 Å². The molecule has 42 heavy (non-hydrogen) atoms. The molecule has 0 bridgehead atoms. The predicted molar refractivity (Wildman–Crippen MR) is 161 cm³/mol. The predicted octanol–water partition coefficient (Wildman–Crippen LogP) is 4.96. The number of carbonyl (C=O) groups excluding carboxylic acids is 3. The summed E-state index contributed by atoms with van der Waals surface area (Å²) in [7, 11) is 0. The molecule has 0 spiro atoms. The van der Waals surface area contributed by atoms with E-state index in [4.69, 9.17) is 5.26 Å². The van der Waals surface area contributed by atoms with Crippen LogP contribution in [0.3, 0.4) is 0 Å². The monoisotopic (exact) mass is 564 g/mol. The lowest BCUT2D eigenvalue weighted by Gasteiger charge is -2.32. The van der Waals surface area contributed by atoms with Gasteiger partial charge in [-0.15, -0.1) is 0 Å². The number of aryl methyl sites for hydroxylation is 1. The fourth-order valence-electron chi connectivity index (χ4n) is 5.57. The largest absolute Gasteiger partial charge is 0.370 e. The van der Waals surface area contributed by atoms with E-state index in [0.29, 0.717) is 60.2 Å². The summed E-state index contributed by atoms with van der Waals surface area (Å²) in [5.74, 6) is 0.929. The molecule has 5 rings (SSSR count). The van der Waals surface area contributed by atoms with Crippen LogP contribution in [0, 0.1) is 18.3 Å². The molecule has 1 aromatic heterocycles. The topological polar surface area (TPSA) is 118 Å². The first kappa shape index (κ1) is 28.8. The van der Waals surface area contributed by atoms with E-state index in [0.717, 1.165) is 44.3 Å². The van der Waals surface area contributed by atoms with Crippen LogP contribution in [0.5, 0.6) is 0 Å². The Labute approximate surface area is 246 Å². The molecular formula is C33H36N6O3. The number of nitrogens with zero attached hydrogens (tertiary/aromatic N) is 4. The first-order valence-corrected chi connectivity index (χ1v) is 14.6. The lowest BCUT2D eigenvalue weighted by atomic mass is 9.89. The molecule has 2 aliphatic rings. The number of rotatable bonds is 9. The van der Waals surface area contributed by atoms with E-state index in [1.807, 2.05) is 53.1 Å². The molecule has 3 heterocycles. The third-order valence-electron chi connectivity index (χ3n) is 8.13. The summed E-state index contributed by atoms with van der Waals surface area (Å²) in [6, 6.07) is 18.8. The number of aromatic nitrogens is 1. The van der Waals surface area contributed by atoms with Gasteiger partial charge in [-0.1, -0.05) is 18.2 Å². The van der Waals surface area contributed by atoms with Gasteiger partial charge >= 0.3 is 0 Å². The van der Waals surface area contributed by atoms with Gasteiger partial charge in [-0.3, -0.25) is 14.4 Å². The molecule has 0 atom stereocenters. The molecule has 0 saturated carbocycles. The Morgan fingerprint density at radius 1 is 1.02 bits per heavy atom. The molecule has 2 aromatic carbocycles. The van der Waals surface area contributed by atoms with Crippen molar-refractivity contribution in [2.75, 3.05) is 43.4 Å². The second kappa shape index (κ2) is 13.3. The number of nitriles is 1. The summed E-state index contributed by atoms with van der Waals surface area (Å²) in [4.78, 5) is 46.2. The third kappa shape index (κ3) is 6.95. The van der Waals surface area contributed by atoms with Crippen molar-refractivity contribution in [3.8, 4) is 6.07 Å². The summed E-state index contributed by atoms with van der Waals surface area (Å²) in [6.45, 7) is 5.48. The van der Waals surface area contributed by atoms with E-state index in [1.165, 1.54) is 11.8 Å². The van der Waals surface area contributed by atoms with Gasteiger partial charge in [0.15, 0.2) is 0 Å². The third-order valence-corrected chi connectivity index (χ3v) is 8.13. The quantitative estimate of drug-likeness (QED) is 0.355. The minimum absolute atomic E-state index is 0.0463. The highest BCUT2D eigenvalue weighted by Gasteiger charge is 2.25. The number of hydrogen-bond acceptors (Lipinski definition) is 6. The summed E-state index contributed by atoms with van der Waals surface area (Å²) in [6.07, 6.45) is 5.69. The fraction of sp³-hybridized carbons (Fsp3) is 0.364. The zero-order chi connectivity index (χ0) is 29.5. The number of nitrogens with one attached hydrogen (secondary N) is 2. The molecule has 3 amide bonds. The fourth-order valence-corrected chi connectivity index (χ4v) is 5.57. The van der Waals surface area contributed by atoms with Crippen LogP contribution >= 0.6 is 0 Å². The van der Waals surface area contributed by atoms with Crippen LogP contribution in [0.4, 0.5) is 11.5 Å². The molecule has 0 aliphatic carbocycles. The number of pyridine rings is 1. The van der Waals surface area contributed by atoms with Gasteiger partial charge in [0.05, 0.1) is 17.2 Å². The first-order valence-electron chi connectivity index (χ1n) is 14.6. The molecule has 0 radical (unpaired) electrons. The zero-order valence-corrected chi connectivity index (χ0v) is 23.9. The number of piperidine rings is 1. The van der Waals surface area contributed by atoms with Crippen molar-refractivity contribution < 1.29 is 14.4 Å². The summed E-state index contributed by atoms with van der Waals surface area (Å²) in [5.41, 5.74) is 4.28. The Balaban J connectivity index is 1.13. The van der Waals surface area contributed by atoms with Gasteiger partial charge in [0, 0.05) is 56.6 Å².